The Kier molecular flexibility index (Phi) is 4.13. The van der Waals surface area contributed by atoms with Crippen molar-refractivity contribution in [1.29, 1.82) is 0 Å². The zero-order valence-corrected chi connectivity index (χ0v) is 14.7. The van der Waals surface area contributed by atoms with Crippen LogP contribution < -0.4 is 4.90 Å². The van der Waals surface area contributed by atoms with Crippen LogP contribution in [0.5, 0.6) is 0 Å². The fourth-order valence-corrected chi connectivity index (χ4v) is 3.34. The Labute approximate surface area is 147 Å². The maximum atomic E-state index is 12.1. The zero-order chi connectivity index (χ0) is 17.4. The van der Waals surface area contributed by atoms with E-state index in [1.165, 1.54) is 0 Å². The van der Waals surface area contributed by atoms with E-state index in [4.69, 9.17) is 14.7 Å². The number of morpholine rings is 1. The van der Waals surface area contributed by atoms with Crippen molar-refractivity contribution in [2.75, 3.05) is 38.3 Å². The summed E-state index contributed by atoms with van der Waals surface area (Å²) in [6.07, 6.45) is 0.860. The minimum absolute atomic E-state index is 0.0903. The normalized spacial score (nSPS) is 17.1. The van der Waals surface area contributed by atoms with Gasteiger partial charge in [0.05, 0.1) is 18.9 Å². The van der Waals surface area contributed by atoms with Crippen LogP contribution >= 0.6 is 0 Å². The summed E-state index contributed by atoms with van der Waals surface area (Å²) in [5.41, 5.74) is 4.84. The molecule has 2 aliphatic heterocycles. The minimum atomic E-state index is 0.0903. The number of nitrogens with zero attached hydrogens (tertiary/aromatic N) is 4. The molecule has 25 heavy (non-hydrogen) atoms. The average Bonchev–Trinajstić information content (AvgIpc) is 2.95. The molecule has 130 valence electrons. The Morgan fingerprint density at radius 2 is 1.96 bits per heavy atom. The monoisotopic (exact) mass is 338 g/mol. The van der Waals surface area contributed by atoms with Gasteiger partial charge >= 0.3 is 0 Å². The molecule has 0 bridgehead atoms. The third-order valence-electron chi connectivity index (χ3n) is 4.81. The quantitative estimate of drug-likeness (QED) is 0.858. The molecule has 0 saturated carbocycles. The number of amides is 1. The Morgan fingerprint density at radius 1 is 1.16 bits per heavy atom. The molecular formula is C19H22N4O2. The number of carbonyl (C=O) groups excluding carboxylic acids is 1. The van der Waals surface area contributed by atoms with E-state index in [2.05, 4.69) is 17.9 Å². The van der Waals surface area contributed by atoms with Crippen molar-refractivity contribution in [2.45, 2.75) is 19.9 Å². The van der Waals surface area contributed by atoms with Crippen molar-refractivity contribution in [3.63, 3.8) is 0 Å². The molecule has 0 spiro atoms. The molecule has 1 amide bonds. The van der Waals surface area contributed by atoms with Gasteiger partial charge in [0.25, 0.3) is 5.91 Å². The Hall–Kier alpha value is -2.47. The highest BCUT2D eigenvalue weighted by atomic mass is 16.5. The summed E-state index contributed by atoms with van der Waals surface area (Å²) in [5, 5.41) is 0. The standard InChI is InChI=1S/C19H22N4O2/c1-3-15-11-17(21-19(20-15)23-6-8-25-9-7-23)13-4-5-16-14(10-13)12-22(2)18(16)24/h4-5,10-11H,3,6-9,12H2,1-2H3. The molecule has 0 unspecified atom stereocenters. The van der Waals surface area contributed by atoms with Crippen LogP contribution in [-0.4, -0.2) is 54.1 Å². The number of aromatic nitrogens is 2. The first kappa shape index (κ1) is 16.0. The SMILES string of the molecule is CCc1cc(-c2ccc3c(c2)CN(C)C3=O)nc(N2CCOCC2)n1. The number of aryl methyl sites for hydroxylation is 1. The smallest absolute Gasteiger partial charge is 0.254 e. The number of hydrogen-bond donors (Lipinski definition) is 0. The van der Waals surface area contributed by atoms with Crippen LogP contribution in [0.25, 0.3) is 11.3 Å². The van der Waals surface area contributed by atoms with Gasteiger partial charge in [-0.15, -0.1) is 0 Å². The van der Waals surface area contributed by atoms with Gasteiger partial charge in [0.2, 0.25) is 5.95 Å². The van der Waals surface area contributed by atoms with Gasteiger partial charge in [-0.3, -0.25) is 4.79 Å². The average molecular weight is 338 g/mol. The van der Waals surface area contributed by atoms with E-state index in [1.807, 2.05) is 25.2 Å². The number of hydrogen-bond acceptors (Lipinski definition) is 5. The molecule has 3 heterocycles. The summed E-state index contributed by atoms with van der Waals surface area (Å²) in [7, 11) is 1.83. The number of rotatable bonds is 3. The number of benzene rings is 1. The van der Waals surface area contributed by atoms with E-state index < -0.39 is 0 Å². The molecule has 0 atom stereocenters. The minimum Gasteiger partial charge on any atom is -0.378 e. The molecule has 0 aliphatic carbocycles. The second-order valence-corrected chi connectivity index (χ2v) is 6.53. The molecule has 6 nitrogen and oxygen atoms in total. The number of ether oxygens (including phenoxy) is 1. The summed E-state index contributed by atoms with van der Waals surface area (Å²) < 4.78 is 5.43. The molecule has 2 aliphatic rings. The van der Waals surface area contributed by atoms with Gasteiger partial charge in [-0.2, -0.15) is 0 Å². The highest BCUT2D eigenvalue weighted by Crippen LogP contribution is 2.28. The van der Waals surface area contributed by atoms with E-state index in [-0.39, 0.29) is 5.91 Å². The van der Waals surface area contributed by atoms with Crippen LogP contribution in [0.2, 0.25) is 0 Å². The van der Waals surface area contributed by atoms with Gasteiger partial charge in [-0.1, -0.05) is 13.0 Å². The summed E-state index contributed by atoms with van der Waals surface area (Å²) in [5.74, 6) is 0.860. The lowest BCUT2D eigenvalue weighted by Gasteiger charge is -2.27. The fraction of sp³-hybridized carbons (Fsp3) is 0.421. The molecule has 1 aromatic carbocycles. The van der Waals surface area contributed by atoms with Crippen LogP contribution in [0.4, 0.5) is 5.95 Å². The molecule has 1 saturated heterocycles. The van der Waals surface area contributed by atoms with Crippen LogP contribution in [0.3, 0.4) is 0 Å². The zero-order valence-electron chi connectivity index (χ0n) is 14.7. The summed E-state index contributed by atoms with van der Waals surface area (Å²) >= 11 is 0. The van der Waals surface area contributed by atoms with Crippen molar-refractivity contribution >= 4 is 11.9 Å². The van der Waals surface area contributed by atoms with Crippen molar-refractivity contribution in [2.24, 2.45) is 0 Å². The molecule has 2 aromatic rings. The number of carbonyl (C=O) groups is 1. The van der Waals surface area contributed by atoms with E-state index in [1.54, 1.807) is 4.90 Å². The van der Waals surface area contributed by atoms with Gasteiger partial charge < -0.3 is 14.5 Å². The Balaban J connectivity index is 1.72. The lowest BCUT2D eigenvalue weighted by Crippen LogP contribution is -2.37. The van der Waals surface area contributed by atoms with Crippen LogP contribution in [0.1, 0.15) is 28.5 Å². The van der Waals surface area contributed by atoms with Gasteiger partial charge in [-0.05, 0) is 30.2 Å². The van der Waals surface area contributed by atoms with E-state index in [0.717, 1.165) is 53.5 Å². The van der Waals surface area contributed by atoms with E-state index >= 15 is 0 Å². The van der Waals surface area contributed by atoms with Crippen LogP contribution in [-0.2, 0) is 17.7 Å². The summed E-state index contributed by atoms with van der Waals surface area (Å²) in [6.45, 7) is 5.81. The molecule has 0 N–H and O–H groups in total. The highest BCUT2D eigenvalue weighted by molar-refractivity contribution is 5.98. The second kappa shape index (κ2) is 6.44. The topological polar surface area (TPSA) is 58.6 Å². The highest BCUT2D eigenvalue weighted by Gasteiger charge is 2.25. The van der Waals surface area contributed by atoms with Crippen molar-refractivity contribution in [3.8, 4) is 11.3 Å². The first-order valence-corrected chi connectivity index (χ1v) is 8.75. The Bertz CT molecular complexity index is 815. The lowest BCUT2D eigenvalue weighted by atomic mass is 10.0. The number of anilines is 1. The fourth-order valence-electron chi connectivity index (χ4n) is 3.34. The molecule has 4 rings (SSSR count). The first-order chi connectivity index (χ1) is 12.2. The third-order valence-corrected chi connectivity index (χ3v) is 4.81. The maximum Gasteiger partial charge on any atom is 0.254 e. The van der Waals surface area contributed by atoms with Crippen LogP contribution in [0.15, 0.2) is 24.3 Å². The predicted octanol–water partition coefficient (Wildman–Crippen LogP) is 2.13. The largest absolute Gasteiger partial charge is 0.378 e. The second-order valence-electron chi connectivity index (χ2n) is 6.53. The van der Waals surface area contributed by atoms with Gasteiger partial charge in [0.15, 0.2) is 0 Å². The van der Waals surface area contributed by atoms with E-state index in [0.29, 0.717) is 19.8 Å². The predicted molar refractivity (Wildman–Crippen MR) is 95.7 cm³/mol. The van der Waals surface area contributed by atoms with Crippen molar-refractivity contribution in [3.05, 3.63) is 41.1 Å². The van der Waals surface area contributed by atoms with Crippen LogP contribution in [0, 0.1) is 0 Å². The van der Waals surface area contributed by atoms with E-state index in [9.17, 15) is 4.79 Å². The molecule has 6 heteroatoms. The first-order valence-electron chi connectivity index (χ1n) is 8.75. The Morgan fingerprint density at radius 3 is 2.72 bits per heavy atom. The molecule has 1 fully saturated rings. The third kappa shape index (κ3) is 2.98. The van der Waals surface area contributed by atoms with Gasteiger partial charge in [0.1, 0.15) is 0 Å². The molecule has 0 radical (unpaired) electrons. The molecular weight excluding hydrogens is 316 g/mol. The van der Waals surface area contributed by atoms with Gasteiger partial charge in [-0.25, -0.2) is 9.97 Å². The maximum absolute atomic E-state index is 12.1. The lowest BCUT2D eigenvalue weighted by molar-refractivity contribution is 0.0816. The van der Waals surface area contributed by atoms with Crippen molar-refractivity contribution in [1.82, 2.24) is 14.9 Å². The summed E-state index contributed by atoms with van der Waals surface area (Å²) in [6, 6.07) is 8.03. The van der Waals surface area contributed by atoms with Gasteiger partial charge in [0, 0.05) is 43.5 Å². The summed E-state index contributed by atoms with van der Waals surface area (Å²) in [4.78, 5) is 25.5. The van der Waals surface area contributed by atoms with Crippen molar-refractivity contribution < 1.29 is 9.53 Å². The number of fused-ring (bicyclic) bond motifs is 1. The molecule has 1 aromatic heterocycles.